The summed E-state index contributed by atoms with van der Waals surface area (Å²) in [7, 11) is 0. The summed E-state index contributed by atoms with van der Waals surface area (Å²) in [5.41, 5.74) is 15.8. The Balaban J connectivity index is 2.51. The molecule has 4 heteroatoms. The lowest BCUT2D eigenvalue weighted by molar-refractivity contribution is 0.299. The highest BCUT2D eigenvalue weighted by Crippen LogP contribution is 2.32. The van der Waals surface area contributed by atoms with Gasteiger partial charge in [0.05, 0.1) is 11.4 Å². The van der Waals surface area contributed by atoms with E-state index in [2.05, 4.69) is 0 Å². The van der Waals surface area contributed by atoms with E-state index in [-0.39, 0.29) is 6.61 Å². The topological polar surface area (TPSA) is 72.3 Å². The molecule has 0 aliphatic heterocycles. The highest BCUT2D eigenvalue weighted by atomic mass is 35.5. The number of halogens is 1. The quantitative estimate of drug-likeness (QED) is 0.745. The lowest BCUT2D eigenvalue weighted by Crippen LogP contribution is -2.01. The number of benzene rings is 2. The third-order valence-electron chi connectivity index (χ3n) is 2.83. The van der Waals surface area contributed by atoms with Crippen LogP contribution in [0.2, 0.25) is 5.02 Å². The summed E-state index contributed by atoms with van der Waals surface area (Å²) in [6.45, 7) is 0.0867. The molecule has 0 bridgehead atoms. The van der Waals surface area contributed by atoms with E-state index >= 15 is 0 Å². The van der Waals surface area contributed by atoms with Crippen LogP contribution in [0, 0.1) is 0 Å². The lowest BCUT2D eigenvalue weighted by atomic mass is 9.99. The minimum absolute atomic E-state index is 0.0867. The van der Waals surface area contributed by atoms with Crippen molar-refractivity contribution in [2.24, 2.45) is 0 Å². The fourth-order valence-electron chi connectivity index (χ4n) is 1.88. The molecule has 0 radical (unpaired) electrons. The van der Waals surface area contributed by atoms with Gasteiger partial charge in [0.1, 0.15) is 0 Å². The molecule has 2 aromatic rings. The van der Waals surface area contributed by atoms with Crippen molar-refractivity contribution in [1.82, 2.24) is 0 Å². The fraction of sp³-hybridized carbons (Fsp3) is 0.143. The molecule has 0 fully saturated rings. The first-order chi connectivity index (χ1) is 8.61. The van der Waals surface area contributed by atoms with Gasteiger partial charge in [-0.15, -0.1) is 0 Å². The van der Waals surface area contributed by atoms with E-state index in [1.54, 1.807) is 6.07 Å². The Morgan fingerprint density at radius 3 is 2.33 bits per heavy atom. The molecular formula is C14H15ClN2O. The molecule has 5 N–H and O–H groups in total. The molecule has 0 saturated carbocycles. The summed E-state index contributed by atoms with van der Waals surface area (Å²) in [5, 5.41) is 9.67. The Morgan fingerprint density at radius 2 is 1.72 bits per heavy atom. The zero-order valence-electron chi connectivity index (χ0n) is 9.86. The number of aliphatic hydroxyl groups excluding tert-OH is 1. The van der Waals surface area contributed by atoms with E-state index in [1.165, 1.54) is 0 Å². The molecule has 3 nitrogen and oxygen atoms in total. The van der Waals surface area contributed by atoms with Crippen molar-refractivity contribution < 1.29 is 5.11 Å². The minimum atomic E-state index is 0.0867. The van der Waals surface area contributed by atoms with E-state index < -0.39 is 0 Å². The molecule has 0 saturated heterocycles. The number of nitrogen functional groups attached to an aromatic ring is 2. The highest BCUT2D eigenvalue weighted by Gasteiger charge is 2.08. The summed E-state index contributed by atoms with van der Waals surface area (Å²) >= 11 is 5.86. The highest BCUT2D eigenvalue weighted by molar-refractivity contribution is 6.30. The molecule has 18 heavy (non-hydrogen) atoms. The fourth-order valence-corrected chi connectivity index (χ4v) is 2.01. The molecule has 2 rings (SSSR count). The minimum Gasteiger partial charge on any atom is -0.397 e. The van der Waals surface area contributed by atoms with E-state index in [4.69, 9.17) is 28.2 Å². The Hall–Kier alpha value is -1.71. The SMILES string of the molecule is Nc1cc(CCO)cc(-c2ccc(Cl)cc2)c1N. The Labute approximate surface area is 111 Å². The van der Waals surface area contributed by atoms with Gasteiger partial charge in [0.2, 0.25) is 0 Å². The van der Waals surface area contributed by atoms with Crippen molar-refractivity contribution in [2.45, 2.75) is 6.42 Å². The number of hydrogen-bond donors (Lipinski definition) is 3. The van der Waals surface area contributed by atoms with Gasteiger partial charge in [-0.1, -0.05) is 23.7 Å². The van der Waals surface area contributed by atoms with Crippen molar-refractivity contribution in [2.75, 3.05) is 18.1 Å². The van der Waals surface area contributed by atoms with Crippen molar-refractivity contribution in [1.29, 1.82) is 0 Å². The van der Waals surface area contributed by atoms with Gasteiger partial charge in [-0.05, 0) is 41.8 Å². The first-order valence-electron chi connectivity index (χ1n) is 5.66. The van der Waals surface area contributed by atoms with Crippen LogP contribution >= 0.6 is 11.6 Å². The molecule has 0 aromatic heterocycles. The molecule has 0 aliphatic carbocycles. The van der Waals surface area contributed by atoms with Gasteiger partial charge in [-0.25, -0.2) is 0 Å². The van der Waals surface area contributed by atoms with Gasteiger partial charge in [0, 0.05) is 17.2 Å². The Morgan fingerprint density at radius 1 is 1.06 bits per heavy atom. The van der Waals surface area contributed by atoms with Crippen LogP contribution in [0.1, 0.15) is 5.56 Å². The number of rotatable bonds is 3. The Bertz CT molecular complexity index is 552. The first kappa shape index (κ1) is 12.7. The predicted molar refractivity (Wildman–Crippen MR) is 76.5 cm³/mol. The number of nitrogens with two attached hydrogens (primary N) is 2. The number of aliphatic hydroxyl groups is 1. The largest absolute Gasteiger partial charge is 0.397 e. The van der Waals surface area contributed by atoms with Crippen LogP contribution in [0.5, 0.6) is 0 Å². The second-order valence-corrected chi connectivity index (χ2v) is 4.56. The van der Waals surface area contributed by atoms with Crippen LogP contribution in [0.15, 0.2) is 36.4 Å². The molecular weight excluding hydrogens is 248 g/mol. The molecule has 0 aliphatic rings. The summed E-state index contributed by atoms with van der Waals surface area (Å²) < 4.78 is 0. The lowest BCUT2D eigenvalue weighted by Gasteiger charge is -2.11. The maximum atomic E-state index is 8.99. The zero-order chi connectivity index (χ0) is 13.1. The van der Waals surface area contributed by atoms with Gasteiger partial charge < -0.3 is 16.6 Å². The van der Waals surface area contributed by atoms with Crippen LogP contribution < -0.4 is 11.5 Å². The van der Waals surface area contributed by atoms with E-state index in [1.807, 2.05) is 30.3 Å². The maximum Gasteiger partial charge on any atom is 0.0627 e. The van der Waals surface area contributed by atoms with Crippen molar-refractivity contribution >= 4 is 23.0 Å². The van der Waals surface area contributed by atoms with Crippen LogP contribution in [-0.2, 0) is 6.42 Å². The summed E-state index contributed by atoms with van der Waals surface area (Å²) in [6.07, 6.45) is 0.561. The van der Waals surface area contributed by atoms with Crippen molar-refractivity contribution in [3.63, 3.8) is 0 Å². The second kappa shape index (κ2) is 5.29. The molecule has 0 amide bonds. The zero-order valence-corrected chi connectivity index (χ0v) is 10.6. The third-order valence-corrected chi connectivity index (χ3v) is 3.08. The van der Waals surface area contributed by atoms with E-state index in [0.29, 0.717) is 22.8 Å². The monoisotopic (exact) mass is 262 g/mol. The maximum absolute atomic E-state index is 8.99. The predicted octanol–water partition coefficient (Wildman–Crippen LogP) is 2.71. The van der Waals surface area contributed by atoms with Gasteiger partial charge in [0.25, 0.3) is 0 Å². The van der Waals surface area contributed by atoms with Crippen LogP contribution in [0.4, 0.5) is 11.4 Å². The second-order valence-electron chi connectivity index (χ2n) is 4.13. The van der Waals surface area contributed by atoms with E-state index in [9.17, 15) is 0 Å². The molecule has 0 spiro atoms. The van der Waals surface area contributed by atoms with Crippen LogP contribution in [0.3, 0.4) is 0 Å². The molecule has 0 unspecified atom stereocenters. The third kappa shape index (κ3) is 2.58. The normalized spacial score (nSPS) is 10.6. The molecule has 0 atom stereocenters. The smallest absolute Gasteiger partial charge is 0.0627 e. The molecule has 2 aromatic carbocycles. The van der Waals surface area contributed by atoms with Gasteiger partial charge in [0.15, 0.2) is 0 Å². The van der Waals surface area contributed by atoms with Crippen molar-refractivity contribution in [3.05, 3.63) is 47.0 Å². The van der Waals surface area contributed by atoms with Gasteiger partial charge in [-0.3, -0.25) is 0 Å². The van der Waals surface area contributed by atoms with Gasteiger partial charge in [-0.2, -0.15) is 0 Å². The van der Waals surface area contributed by atoms with Gasteiger partial charge >= 0.3 is 0 Å². The van der Waals surface area contributed by atoms with Crippen molar-refractivity contribution in [3.8, 4) is 11.1 Å². The Kier molecular flexibility index (Phi) is 3.75. The van der Waals surface area contributed by atoms with Crippen LogP contribution in [-0.4, -0.2) is 11.7 Å². The number of hydrogen-bond acceptors (Lipinski definition) is 3. The summed E-state index contributed by atoms with van der Waals surface area (Å²) in [6, 6.07) is 11.2. The number of anilines is 2. The summed E-state index contributed by atoms with van der Waals surface area (Å²) in [4.78, 5) is 0. The average Bonchev–Trinajstić information content (AvgIpc) is 2.35. The molecule has 94 valence electrons. The molecule has 0 heterocycles. The average molecular weight is 263 g/mol. The van der Waals surface area contributed by atoms with Crippen LogP contribution in [0.25, 0.3) is 11.1 Å². The summed E-state index contributed by atoms with van der Waals surface area (Å²) in [5.74, 6) is 0. The van der Waals surface area contributed by atoms with E-state index in [0.717, 1.165) is 16.7 Å². The first-order valence-corrected chi connectivity index (χ1v) is 6.04. The standard InChI is InChI=1S/C14H15ClN2O/c15-11-3-1-10(2-4-11)12-7-9(5-6-18)8-13(16)14(12)17/h1-4,7-8,18H,5-6,16-17H2.